The lowest BCUT2D eigenvalue weighted by molar-refractivity contribution is -0.137. The Labute approximate surface area is 185 Å². The number of halogens is 1. The second-order valence-corrected chi connectivity index (χ2v) is 7.46. The number of benzene rings is 3. The van der Waals surface area contributed by atoms with Gasteiger partial charge in [-0.15, -0.1) is 0 Å². The van der Waals surface area contributed by atoms with Gasteiger partial charge in [-0.3, -0.25) is 14.5 Å². The summed E-state index contributed by atoms with van der Waals surface area (Å²) in [7, 11) is 0. The van der Waals surface area contributed by atoms with E-state index < -0.39 is 0 Å². The summed E-state index contributed by atoms with van der Waals surface area (Å²) in [6, 6.07) is 23.6. The van der Waals surface area contributed by atoms with Gasteiger partial charge in [-0.05, 0) is 42.3 Å². The third-order valence-electron chi connectivity index (χ3n) is 4.90. The highest BCUT2D eigenvalue weighted by molar-refractivity contribution is 6.36. The zero-order valence-electron chi connectivity index (χ0n) is 17.0. The number of amides is 2. The molecule has 31 heavy (non-hydrogen) atoms. The molecular formula is C25H21ClN2O3. The number of anilines is 1. The normalized spacial score (nSPS) is 13.7. The number of carbonyl (C=O) groups is 2. The number of rotatable bonds is 7. The fourth-order valence-corrected chi connectivity index (χ4v) is 3.59. The van der Waals surface area contributed by atoms with Crippen LogP contribution in [0, 0.1) is 0 Å². The van der Waals surface area contributed by atoms with E-state index in [1.165, 1.54) is 4.90 Å². The molecular weight excluding hydrogens is 412 g/mol. The van der Waals surface area contributed by atoms with Gasteiger partial charge >= 0.3 is 0 Å². The Balaban J connectivity index is 1.72. The molecule has 0 atom stereocenters. The number of carbonyl (C=O) groups excluding carboxylic acids is 2. The maximum atomic E-state index is 13.3. The molecule has 0 saturated carbocycles. The first-order chi connectivity index (χ1) is 15.1. The van der Waals surface area contributed by atoms with Gasteiger partial charge in [0.1, 0.15) is 11.4 Å². The van der Waals surface area contributed by atoms with Crippen molar-refractivity contribution in [2.75, 3.05) is 11.9 Å². The number of ether oxygens (including phenoxy) is 1. The quantitative estimate of drug-likeness (QED) is 0.526. The van der Waals surface area contributed by atoms with E-state index in [-0.39, 0.29) is 24.1 Å². The van der Waals surface area contributed by atoms with E-state index in [2.05, 4.69) is 5.32 Å². The zero-order valence-corrected chi connectivity index (χ0v) is 17.7. The summed E-state index contributed by atoms with van der Waals surface area (Å²) in [5.41, 5.74) is 2.72. The lowest BCUT2D eigenvalue weighted by atomic mass is 10.0. The number of nitrogens with zero attached hydrogens (tertiary/aromatic N) is 1. The van der Waals surface area contributed by atoms with Crippen molar-refractivity contribution < 1.29 is 14.3 Å². The van der Waals surface area contributed by atoms with Crippen LogP contribution in [0.3, 0.4) is 0 Å². The second-order valence-electron chi connectivity index (χ2n) is 7.02. The minimum atomic E-state index is -0.374. The molecule has 0 aromatic heterocycles. The first kappa shape index (κ1) is 20.7. The maximum Gasteiger partial charge on any atom is 0.278 e. The van der Waals surface area contributed by atoms with Gasteiger partial charge in [-0.1, -0.05) is 60.1 Å². The van der Waals surface area contributed by atoms with Crippen LogP contribution in [0.25, 0.3) is 5.57 Å². The van der Waals surface area contributed by atoms with Gasteiger partial charge in [-0.25, -0.2) is 0 Å². The van der Waals surface area contributed by atoms with E-state index in [1.54, 1.807) is 30.3 Å². The molecule has 1 heterocycles. The molecule has 0 saturated heterocycles. The molecule has 4 rings (SSSR count). The molecule has 2 amide bonds. The van der Waals surface area contributed by atoms with Crippen molar-refractivity contribution in [1.29, 1.82) is 0 Å². The Morgan fingerprint density at radius 3 is 2.35 bits per heavy atom. The molecule has 1 aliphatic heterocycles. The molecule has 156 valence electrons. The third kappa shape index (κ3) is 4.47. The molecule has 3 aromatic carbocycles. The molecule has 5 nitrogen and oxygen atoms in total. The maximum absolute atomic E-state index is 13.3. The summed E-state index contributed by atoms with van der Waals surface area (Å²) in [4.78, 5) is 27.9. The summed E-state index contributed by atoms with van der Waals surface area (Å²) >= 11 is 6.02. The molecule has 0 radical (unpaired) electrons. The van der Waals surface area contributed by atoms with E-state index in [0.29, 0.717) is 34.2 Å². The van der Waals surface area contributed by atoms with Gasteiger partial charge in [0.25, 0.3) is 11.8 Å². The van der Waals surface area contributed by atoms with Crippen LogP contribution >= 0.6 is 11.6 Å². The number of hydrogen-bond acceptors (Lipinski definition) is 4. The molecule has 0 aliphatic carbocycles. The van der Waals surface area contributed by atoms with Gasteiger partial charge in [0.15, 0.2) is 0 Å². The highest BCUT2D eigenvalue weighted by Crippen LogP contribution is 2.32. The molecule has 1 aliphatic rings. The van der Waals surface area contributed by atoms with Crippen LogP contribution in [-0.2, 0) is 16.1 Å². The predicted octanol–water partition coefficient (Wildman–Crippen LogP) is 5.13. The van der Waals surface area contributed by atoms with Gasteiger partial charge < -0.3 is 10.1 Å². The lowest BCUT2D eigenvalue weighted by Gasteiger charge is -2.15. The zero-order chi connectivity index (χ0) is 21.8. The van der Waals surface area contributed by atoms with Gasteiger partial charge in [0, 0.05) is 16.8 Å². The molecule has 0 fully saturated rings. The number of nitrogens with one attached hydrogen (secondary N) is 1. The van der Waals surface area contributed by atoms with Crippen molar-refractivity contribution >= 4 is 34.7 Å². The summed E-state index contributed by atoms with van der Waals surface area (Å²) in [6.07, 6.45) is 0. The summed E-state index contributed by atoms with van der Waals surface area (Å²) in [6.45, 7) is 2.63. The first-order valence-corrected chi connectivity index (χ1v) is 10.3. The Kier molecular flexibility index (Phi) is 6.05. The lowest BCUT2D eigenvalue weighted by Crippen LogP contribution is -2.31. The van der Waals surface area contributed by atoms with Crippen molar-refractivity contribution in [3.05, 3.63) is 101 Å². The van der Waals surface area contributed by atoms with Crippen molar-refractivity contribution in [2.24, 2.45) is 0 Å². The van der Waals surface area contributed by atoms with Crippen molar-refractivity contribution in [3.63, 3.8) is 0 Å². The fourth-order valence-electron chi connectivity index (χ4n) is 3.46. The molecule has 6 heteroatoms. The summed E-state index contributed by atoms with van der Waals surface area (Å²) < 4.78 is 5.55. The summed E-state index contributed by atoms with van der Waals surface area (Å²) in [5.74, 6) is -0.0423. The van der Waals surface area contributed by atoms with E-state index in [9.17, 15) is 9.59 Å². The molecule has 0 spiro atoms. The summed E-state index contributed by atoms with van der Waals surface area (Å²) in [5, 5.41) is 3.71. The Bertz CT molecular complexity index is 1140. The minimum absolute atomic E-state index is 0.194. The highest BCUT2D eigenvalue weighted by atomic mass is 35.5. The SMILES string of the molecule is CCOc1cccc(NC2=C(c3ccc(Cl)cc3)C(=O)N(Cc3ccccc3)C2=O)c1. The van der Waals surface area contributed by atoms with Crippen LogP contribution < -0.4 is 10.1 Å². The largest absolute Gasteiger partial charge is 0.494 e. The van der Waals surface area contributed by atoms with Crippen LogP contribution in [0.2, 0.25) is 5.02 Å². The van der Waals surface area contributed by atoms with E-state index >= 15 is 0 Å². The van der Waals surface area contributed by atoms with Gasteiger partial charge in [0.05, 0.1) is 18.7 Å². The Morgan fingerprint density at radius 2 is 1.65 bits per heavy atom. The van der Waals surface area contributed by atoms with E-state index in [0.717, 1.165) is 5.56 Å². The number of imide groups is 1. The Hall–Kier alpha value is -3.57. The van der Waals surface area contributed by atoms with Crippen LogP contribution in [-0.4, -0.2) is 23.3 Å². The minimum Gasteiger partial charge on any atom is -0.494 e. The van der Waals surface area contributed by atoms with Gasteiger partial charge in [0.2, 0.25) is 0 Å². The monoisotopic (exact) mass is 432 g/mol. The predicted molar refractivity (Wildman–Crippen MR) is 122 cm³/mol. The molecule has 1 N–H and O–H groups in total. The second kappa shape index (κ2) is 9.06. The van der Waals surface area contributed by atoms with E-state index in [1.807, 2.05) is 55.5 Å². The van der Waals surface area contributed by atoms with Crippen LogP contribution in [0.5, 0.6) is 5.75 Å². The average molecular weight is 433 g/mol. The number of hydrogen-bond donors (Lipinski definition) is 1. The van der Waals surface area contributed by atoms with Crippen LogP contribution in [0.4, 0.5) is 5.69 Å². The van der Waals surface area contributed by atoms with Gasteiger partial charge in [-0.2, -0.15) is 0 Å². The van der Waals surface area contributed by atoms with Crippen molar-refractivity contribution in [1.82, 2.24) is 4.90 Å². The van der Waals surface area contributed by atoms with E-state index in [4.69, 9.17) is 16.3 Å². The van der Waals surface area contributed by atoms with Crippen LogP contribution in [0.15, 0.2) is 84.6 Å². The van der Waals surface area contributed by atoms with Crippen molar-refractivity contribution in [3.8, 4) is 5.75 Å². The topological polar surface area (TPSA) is 58.6 Å². The molecule has 0 bridgehead atoms. The molecule has 3 aromatic rings. The Morgan fingerprint density at radius 1 is 0.903 bits per heavy atom. The third-order valence-corrected chi connectivity index (χ3v) is 5.15. The highest BCUT2D eigenvalue weighted by Gasteiger charge is 2.39. The van der Waals surface area contributed by atoms with Crippen LogP contribution in [0.1, 0.15) is 18.1 Å². The fraction of sp³-hybridized carbons (Fsp3) is 0.120. The smallest absolute Gasteiger partial charge is 0.278 e. The van der Waals surface area contributed by atoms with Crippen molar-refractivity contribution in [2.45, 2.75) is 13.5 Å². The average Bonchev–Trinajstić information content (AvgIpc) is 3.00. The molecule has 0 unspecified atom stereocenters. The standard InChI is InChI=1S/C25H21ClN2O3/c1-2-31-21-10-6-9-20(15-21)27-23-22(18-11-13-19(26)14-12-18)24(29)28(25(23)30)16-17-7-4-3-5-8-17/h3-15,27H,2,16H2,1H3. The first-order valence-electron chi connectivity index (χ1n) is 9.97.